The highest BCUT2D eigenvalue weighted by Gasteiger charge is 2.21. The van der Waals surface area contributed by atoms with Crippen LogP contribution in [0.3, 0.4) is 0 Å². The number of anilines is 2. The van der Waals surface area contributed by atoms with E-state index >= 15 is 0 Å². The Hall–Kier alpha value is -2.70. The number of methoxy groups -OCH3 is 1. The van der Waals surface area contributed by atoms with Gasteiger partial charge in [0.15, 0.2) is 0 Å². The number of nitrogens with one attached hydrogen (secondary N) is 1. The Morgan fingerprint density at radius 3 is 2.74 bits per heavy atom. The molecule has 0 amide bonds. The number of aromatic nitrogens is 2. The Balaban J connectivity index is 1.40. The maximum Gasteiger partial charge on any atom is 0.227 e. The van der Waals surface area contributed by atoms with Crippen LogP contribution in [-0.2, 0) is 13.0 Å². The lowest BCUT2D eigenvalue weighted by Crippen LogP contribution is -2.26. The van der Waals surface area contributed by atoms with Crippen LogP contribution in [0.1, 0.15) is 48.3 Å². The molecule has 1 aliphatic heterocycles. The number of hydrogen-bond acceptors (Lipinski definition) is 6. The number of nitrogens with two attached hydrogens (primary N) is 1. The Bertz CT molecular complexity index is 1090. The molecule has 0 bridgehead atoms. The van der Waals surface area contributed by atoms with Gasteiger partial charge in [0.2, 0.25) is 5.95 Å². The van der Waals surface area contributed by atoms with Crippen molar-refractivity contribution in [2.75, 3.05) is 26.0 Å². The maximum absolute atomic E-state index is 6.07. The van der Waals surface area contributed by atoms with Gasteiger partial charge in [-0.1, -0.05) is 6.07 Å². The van der Waals surface area contributed by atoms with Crippen molar-refractivity contribution in [1.82, 2.24) is 14.9 Å². The minimum Gasteiger partial charge on any atom is -0.495 e. The van der Waals surface area contributed by atoms with Gasteiger partial charge in [0.05, 0.1) is 18.3 Å². The average Bonchev–Trinajstić information content (AvgIpc) is 2.79. The molecule has 2 aromatic carbocycles. The van der Waals surface area contributed by atoms with Gasteiger partial charge in [-0.2, -0.15) is 0 Å². The summed E-state index contributed by atoms with van der Waals surface area (Å²) >= 11 is 0. The smallest absolute Gasteiger partial charge is 0.227 e. The van der Waals surface area contributed by atoms with E-state index < -0.39 is 0 Å². The summed E-state index contributed by atoms with van der Waals surface area (Å²) in [6.45, 7) is 2.02. The summed E-state index contributed by atoms with van der Waals surface area (Å²) in [6, 6.07) is 11.3. The molecule has 2 aliphatic rings. The molecule has 0 atom stereocenters. The third kappa shape index (κ3) is 4.23. The van der Waals surface area contributed by atoms with Crippen LogP contribution in [-0.4, -0.2) is 41.6 Å². The Labute approximate surface area is 183 Å². The largest absolute Gasteiger partial charge is 0.495 e. The highest BCUT2D eigenvalue weighted by Crippen LogP contribution is 2.35. The van der Waals surface area contributed by atoms with Crippen LogP contribution in [0.25, 0.3) is 10.9 Å². The number of likely N-dealkylation sites (N-methyl/N-ethyl adjacent to an activating group) is 1. The molecule has 0 radical (unpaired) electrons. The van der Waals surface area contributed by atoms with Crippen LogP contribution < -0.4 is 15.8 Å². The standard InChI is InChI=1S/C25H31N5O/c1-30-10-9-18-13-24(31-2)23(12-20(18)15-30)29-25-27-14-19-11-17(5-8-22(19)28-25)16-3-6-21(26)7-4-16/h5,8,11-14,16,21H,3-4,6-7,9-10,15,26H2,1-2H3,(H,27,28,29). The minimum atomic E-state index is 0.370. The molecule has 2 heterocycles. The summed E-state index contributed by atoms with van der Waals surface area (Å²) in [5.74, 6) is 2.02. The Morgan fingerprint density at radius 2 is 1.94 bits per heavy atom. The van der Waals surface area contributed by atoms with Gasteiger partial charge in [-0.25, -0.2) is 9.97 Å². The second-order valence-corrected chi connectivity index (χ2v) is 9.06. The van der Waals surface area contributed by atoms with E-state index in [1.54, 1.807) is 7.11 Å². The van der Waals surface area contributed by atoms with Crippen molar-refractivity contribution in [3.63, 3.8) is 0 Å². The fraction of sp³-hybridized carbons (Fsp3) is 0.440. The SMILES string of the molecule is COc1cc2c(cc1Nc1ncc3cc(C4CCC(N)CC4)ccc3n1)CN(C)CC2. The van der Waals surface area contributed by atoms with Crippen molar-refractivity contribution in [2.24, 2.45) is 5.73 Å². The van der Waals surface area contributed by atoms with E-state index in [1.165, 1.54) is 29.5 Å². The summed E-state index contributed by atoms with van der Waals surface area (Å²) in [5, 5.41) is 4.46. The van der Waals surface area contributed by atoms with E-state index in [4.69, 9.17) is 15.5 Å². The van der Waals surface area contributed by atoms with Crippen molar-refractivity contribution >= 4 is 22.5 Å². The van der Waals surface area contributed by atoms with Crippen LogP contribution >= 0.6 is 0 Å². The maximum atomic E-state index is 6.07. The predicted octanol–water partition coefficient (Wildman–Crippen LogP) is 4.35. The van der Waals surface area contributed by atoms with E-state index in [2.05, 4.69) is 52.6 Å². The molecule has 0 unspecified atom stereocenters. The van der Waals surface area contributed by atoms with E-state index in [1.807, 2.05) is 6.20 Å². The van der Waals surface area contributed by atoms with Gasteiger partial charge < -0.3 is 20.7 Å². The van der Waals surface area contributed by atoms with Gasteiger partial charge in [0.25, 0.3) is 0 Å². The van der Waals surface area contributed by atoms with E-state index in [-0.39, 0.29) is 0 Å². The van der Waals surface area contributed by atoms with Crippen molar-refractivity contribution in [3.05, 3.63) is 53.2 Å². The zero-order valence-corrected chi connectivity index (χ0v) is 18.4. The first kappa shape index (κ1) is 20.2. The van der Waals surface area contributed by atoms with Gasteiger partial charge in [0.1, 0.15) is 5.75 Å². The molecule has 6 heteroatoms. The molecule has 5 rings (SSSR count). The van der Waals surface area contributed by atoms with E-state index in [0.717, 1.165) is 54.7 Å². The highest BCUT2D eigenvalue weighted by atomic mass is 16.5. The Morgan fingerprint density at radius 1 is 1.10 bits per heavy atom. The van der Waals surface area contributed by atoms with Crippen molar-refractivity contribution in [2.45, 2.75) is 50.6 Å². The van der Waals surface area contributed by atoms with Crippen LogP contribution in [0.2, 0.25) is 0 Å². The topological polar surface area (TPSA) is 76.3 Å². The van der Waals surface area contributed by atoms with Gasteiger partial charge in [-0.3, -0.25) is 0 Å². The molecule has 3 aromatic rings. The van der Waals surface area contributed by atoms with Crippen LogP contribution in [0.5, 0.6) is 5.75 Å². The number of hydrogen-bond donors (Lipinski definition) is 2. The quantitative estimate of drug-likeness (QED) is 0.657. The van der Waals surface area contributed by atoms with Gasteiger partial charge in [0, 0.05) is 30.7 Å². The number of rotatable bonds is 4. The summed E-state index contributed by atoms with van der Waals surface area (Å²) in [7, 11) is 3.87. The highest BCUT2D eigenvalue weighted by molar-refractivity contribution is 5.80. The number of fused-ring (bicyclic) bond motifs is 2. The molecule has 3 N–H and O–H groups in total. The van der Waals surface area contributed by atoms with Gasteiger partial charge >= 0.3 is 0 Å². The molecular weight excluding hydrogens is 386 g/mol. The lowest BCUT2D eigenvalue weighted by Gasteiger charge is -2.26. The first-order valence-electron chi connectivity index (χ1n) is 11.3. The fourth-order valence-corrected chi connectivity index (χ4v) is 4.93. The summed E-state index contributed by atoms with van der Waals surface area (Å²) in [4.78, 5) is 11.7. The van der Waals surface area contributed by atoms with E-state index in [9.17, 15) is 0 Å². The average molecular weight is 418 g/mol. The normalized spacial score (nSPS) is 21.6. The monoisotopic (exact) mass is 417 g/mol. The zero-order chi connectivity index (χ0) is 21.4. The van der Waals surface area contributed by atoms with Crippen molar-refractivity contribution < 1.29 is 4.74 Å². The third-order valence-corrected chi connectivity index (χ3v) is 6.82. The molecule has 6 nitrogen and oxygen atoms in total. The molecule has 1 aliphatic carbocycles. The molecule has 0 saturated heterocycles. The second-order valence-electron chi connectivity index (χ2n) is 9.06. The number of benzene rings is 2. The first-order chi connectivity index (χ1) is 15.1. The van der Waals surface area contributed by atoms with Crippen molar-refractivity contribution in [3.8, 4) is 5.75 Å². The van der Waals surface area contributed by atoms with Crippen LogP contribution in [0.15, 0.2) is 36.5 Å². The van der Waals surface area contributed by atoms with E-state index in [0.29, 0.717) is 17.9 Å². The van der Waals surface area contributed by atoms with Gasteiger partial charge in [-0.15, -0.1) is 0 Å². The first-order valence-corrected chi connectivity index (χ1v) is 11.3. The molecule has 1 saturated carbocycles. The fourth-order valence-electron chi connectivity index (χ4n) is 4.93. The molecular formula is C25H31N5O. The van der Waals surface area contributed by atoms with Crippen LogP contribution in [0.4, 0.5) is 11.6 Å². The van der Waals surface area contributed by atoms with Crippen LogP contribution in [0, 0.1) is 0 Å². The number of ether oxygens (including phenoxy) is 1. The molecule has 0 spiro atoms. The summed E-state index contributed by atoms with van der Waals surface area (Å²) in [5.41, 5.74) is 12.0. The van der Waals surface area contributed by atoms with Crippen molar-refractivity contribution in [1.29, 1.82) is 0 Å². The van der Waals surface area contributed by atoms with Gasteiger partial charge in [-0.05, 0) is 86.0 Å². The predicted molar refractivity (Wildman–Crippen MR) is 125 cm³/mol. The molecule has 31 heavy (non-hydrogen) atoms. The molecule has 1 aromatic heterocycles. The number of nitrogens with zero attached hydrogens (tertiary/aromatic N) is 3. The second kappa shape index (κ2) is 8.44. The lowest BCUT2D eigenvalue weighted by atomic mass is 9.82. The third-order valence-electron chi connectivity index (χ3n) is 6.82. The Kier molecular flexibility index (Phi) is 5.50. The zero-order valence-electron chi connectivity index (χ0n) is 18.4. The summed E-state index contributed by atoms with van der Waals surface area (Å²) < 4.78 is 5.65. The molecule has 162 valence electrons. The minimum absolute atomic E-state index is 0.370. The summed E-state index contributed by atoms with van der Waals surface area (Å²) in [6.07, 6.45) is 7.52. The lowest BCUT2D eigenvalue weighted by molar-refractivity contribution is 0.312. The molecule has 1 fully saturated rings.